The van der Waals surface area contributed by atoms with E-state index in [1.54, 1.807) is 6.92 Å². The van der Waals surface area contributed by atoms with Crippen LogP contribution in [0.2, 0.25) is 0 Å². The number of rotatable bonds is 4. The summed E-state index contributed by atoms with van der Waals surface area (Å²) in [5.41, 5.74) is 1.97. The van der Waals surface area contributed by atoms with Gasteiger partial charge in [-0.3, -0.25) is 14.2 Å². The third-order valence-electron chi connectivity index (χ3n) is 4.46. The summed E-state index contributed by atoms with van der Waals surface area (Å²) in [5, 5.41) is 0. The number of esters is 1. The number of carbonyl (C=O) groups excluding carboxylic acids is 2. The highest BCUT2D eigenvalue weighted by atomic mass is 16.5. The first-order chi connectivity index (χ1) is 11.4. The number of ether oxygens (including phenoxy) is 1. The Balaban J connectivity index is 2.19. The van der Waals surface area contributed by atoms with Crippen LogP contribution in [0.5, 0.6) is 0 Å². The molecule has 1 aromatic carbocycles. The van der Waals surface area contributed by atoms with Gasteiger partial charge in [0.1, 0.15) is 5.56 Å². The fourth-order valence-electron chi connectivity index (χ4n) is 2.91. The molecule has 0 unspecified atom stereocenters. The van der Waals surface area contributed by atoms with E-state index in [2.05, 4.69) is 0 Å². The van der Waals surface area contributed by atoms with Gasteiger partial charge in [0, 0.05) is 17.4 Å². The van der Waals surface area contributed by atoms with Gasteiger partial charge in [0.25, 0.3) is 5.56 Å². The van der Waals surface area contributed by atoms with Crippen LogP contribution >= 0.6 is 0 Å². The topological polar surface area (TPSA) is 65.4 Å². The van der Waals surface area contributed by atoms with Crippen LogP contribution in [0.4, 0.5) is 0 Å². The van der Waals surface area contributed by atoms with E-state index < -0.39 is 11.5 Å². The number of nitrogens with zero attached hydrogens (tertiary/aromatic N) is 1. The molecule has 0 amide bonds. The van der Waals surface area contributed by atoms with E-state index in [1.807, 2.05) is 24.3 Å². The third kappa shape index (κ3) is 2.77. The number of benzene rings is 1. The van der Waals surface area contributed by atoms with Crippen molar-refractivity contribution in [2.45, 2.75) is 32.6 Å². The van der Waals surface area contributed by atoms with E-state index in [-0.39, 0.29) is 11.3 Å². The Kier molecular flexibility index (Phi) is 4.09. The fraction of sp³-hybridized carbons (Fsp3) is 0.316. The second-order valence-electron chi connectivity index (χ2n) is 6.13. The van der Waals surface area contributed by atoms with Crippen molar-refractivity contribution < 1.29 is 14.3 Å². The largest absolute Gasteiger partial charge is 0.465 e. The lowest BCUT2D eigenvalue weighted by Crippen LogP contribution is -2.29. The molecule has 0 radical (unpaired) electrons. The minimum atomic E-state index is -0.732. The highest BCUT2D eigenvalue weighted by Crippen LogP contribution is 2.40. The smallest absolute Gasteiger partial charge is 0.343 e. The van der Waals surface area contributed by atoms with E-state index >= 15 is 0 Å². The summed E-state index contributed by atoms with van der Waals surface area (Å²) in [7, 11) is 1.22. The van der Waals surface area contributed by atoms with Crippen molar-refractivity contribution in [1.29, 1.82) is 0 Å². The second kappa shape index (κ2) is 6.07. The average Bonchev–Trinajstić information content (AvgIpc) is 3.39. The summed E-state index contributed by atoms with van der Waals surface area (Å²) >= 11 is 0. The normalized spacial score (nSPS) is 13.6. The van der Waals surface area contributed by atoms with Crippen molar-refractivity contribution in [3.8, 4) is 5.69 Å². The second-order valence-corrected chi connectivity index (χ2v) is 6.13. The lowest BCUT2D eigenvalue weighted by atomic mass is 10.0. The van der Waals surface area contributed by atoms with E-state index in [0.717, 1.165) is 0 Å². The lowest BCUT2D eigenvalue weighted by molar-refractivity contribution is 0.0597. The number of pyridine rings is 1. The Morgan fingerprint density at radius 3 is 2.29 bits per heavy atom. The lowest BCUT2D eigenvalue weighted by Gasteiger charge is -2.13. The third-order valence-corrected chi connectivity index (χ3v) is 4.46. The molecule has 1 fully saturated rings. The zero-order chi connectivity index (χ0) is 17.4. The van der Waals surface area contributed by atoms with Crippen LogP contribution in [0, 0.1) is 6.92 Å². The first-order valence-electron chi connectivity index (χ1n) is 7.90. The molecule has 3 rings (SSSR count). The Labute approximate surface area is 139 Å². The number of Topliss-reactive ketones (excluding diaryl/α,β-unsaturated/α-hetero) is 1. The molecule has 5 heteroatoms. The van der Waals surface area contributed by atoms with Crippen molar-refractivity contribution in [2.75, 3.05) is 7.11 Å². The average molecular weight is 325 g/mol. The van der Waals surface area contributed by atoms with Gasteiger partial charge in [-0.25, -0.2) is 4.79 Å². The van der Waals surface area contributed by atoms with Crippen molar-refractivity contribution in [3.63, 3.8) is 0 Å². The van der Waals surface area contributed by atoms with Crippen LogP contribution in [0.3, 0.4) is 0 Å². The Morgan fingerprint density at radius 2 is 1.79 bits per heavy atom. The van der Waals surface area contributed by atoms with Crippen LogP contribution in [-0.2, 0) is 4.74 Å². The molecule has 1 aliphatic carbocycles. The summed E-state index contributed by atoms with van der Waals surface area (Å²) in [6.07, 6.45) is 3.90. The molecule has 2 aromatic rings. The molecule has 0 spiro atoms. The minimum absolute atomic E-state index is 0.100. The number of ketones is 1. The molecule has 0 atom stereocenters. The molecular formula is C19H19NO4. The van der Waals surface area contributed by atoms with Gasteiger partial charge in [-0.1, -0.05) is 12.1 Å². The van der Waals surface area contributed by atoms with Crippen LogP contribution in [0.15, 0.2) is 35.3 Å². The summed E-state index contributed by atoms with van der Waals surface area (Å²) in [4.78, 5) is 36.7. The number of hydrogen-bond acceptors (Lipinski definition) is 4. The zero-order valence-electron chi connectivity index (χ0n) is 14.0. The Hall–Kier alpha value is -2.69. The van der Waals surface area contributed by atoms with Crippen LogP contribution < -0.4 is 5.56 Å². The maximum Gasteiger partial charge on any atom is 0.343 e. The molecular weight excluding hydrogens is 306 g/mol. The monoisotopic (exact) mass is 325 g/mol. The van der Waals surface area contributed by atoms with Gasteiger partial charge < -0.3 is 4.74 Å². The SMILES string of the molecule is COC(=O)c1c(C)c(C(C)=O)cn(-c2ccc(C3CC3)cc2)c1=O. The molecule has 24 heavy (non-hydrogen) atoms. The van der Waals surface area contributed by atoms with Crippen molar-refractivity contribution >= 4 is 11.8 Å². The highest BCUT2D eigenvalue weighted by molar-refractivity contribution is 5.99. The van der Waals surface area contributed by atoms with Crippen molar-refractivity contribution in [2.24, 2.45) is 0 Å². The van der Waals surface area contributed by atoms with E-state index in [0.29, 0.717) is 22.7 Å². The summed E-state index contributed by atoms with van der Waals surface area (Å²) < 4.78 is 6.06. The molecule has 1 aromatic heterocycles. The van der Waals surface area contributed by atoms with Gasteiger partial charge in [0.2, 0.25) is 0 Å². The van der Waals surface area contributed by atoms with E-state index in [4.69, 9.17) is 4.74 Å². The molecule has 124 valence electrons. The van der Waals surface area contributed by atoms with Gasteiger partial charge in [0.15, 0.2) is 5.78 Å². The van der Waals surface area contributed by atoms with Crippen molar-refractivity contribution in [3.05, 3.63) is 63.1 Å². The van der Waals surface area contributed by atoms with Crippen LogP contribution in [0.1, 0.15) is 57.5 Å². The first-order valence-corrected chi connectivity index (χ1v) is 7.90. The number of aromatic nitrogens is 1. The minimum Gasteiger partial charge on any atom is -0.465 e. The summed E-state index contributed by atoms with van der Waals surface area (Å²) in [5.74, 6) is -0.322. The standard InChI is InChI=1S/C19H19NO4/c1-11-16(12(2)21)10-20(18(22)17(11)19(23)24-3)15-8-6-14(7-9-15)13-4-5-13/h6-10,13H,4-5H2,1-3H3. The summed E-state index contributed by atoms with van der Waals surface area (Å²) in [6.45, 7) is 3.00. The van der Waals surface area contributed by atoms with Crippen LogP contribution in [-0.4, -0.2) is 23.4 Å². The van der Waals surface area contributed by atoms with Crippen LogP contribution in [0.25, 0.3) is 5.69 Å². The quantitative estimate of drug-likeness (QED) is 0.640. The fourth-order valence-corrected chi connectivity index (χ4v) is 2.91. The molecule has 0 aliphatic heterocycles. The predicted octanol–water partition coefficient (Wildman–Crippen LogP) is 3.01. The Bertz CT molecular complexity index is 873. The molecule has 1 heterocycles. The maximum atomic E-state index is 12.7. The van der Waals surface area contributed by atoms with Gasteiger partial charge >= 0.3 is 5.97 Å². The molecule has 5 nitrogen and oxygen atoms in total. The highest BCUT2D eigenvalue weighted by Gasteiger charge is 2.24. The molecule has 0 N–H and O–H groups in total. The summed E-state index contributed by atoms with van der Waals surface area (Å²) in [6, 6.07) is 7.67. The molecule has 0 bridgehead atoms. The van der Waals surface area contributed by atoms with Gasteiger partial charge in [0.05, 0.1) is 7.11 Å². The molecule has 0 saturated heterocycles. The van der Waals surface area contributed by atoms with Gasteiger partial charge in [-0.05, 0) is 55.9 Å². The van der Waals surface area contributed by atoms with E-state index in [1.165, 1.54) is 43.2 Å². The number of methoxy groups -OCH3 is 1. The van der Waals surface area contributed by atoms with Gasteiger partial charge in [-0.2, -0.15) is 0 Å². The number of hydrogen-bond donors (Lipinski definition) is 0. The zero-order valence-corrected chi connectivity index (χ0v) is 14.0. The maximum absolute atomic E-state index is 12.7. The first kappa shape index (κ1) is 16.2. The molecule has 1 saturated carbocycles. The Morgan fingerprint density at radius 1 is 1.17 bits per heavy atom. The molecule has 1 aliphatic rings. The van der Waals surface area contributed by atoms with Gasteiger partial charge in [-0.15, -0.1) is 0 Å². The predicted molar refractivity (Wildman–Crippen MR) is 90.1 cm³/mol. The number of carbonyl (C=O) groups is 2. The van der Waals surface area contributed by atoms with Crippen molar-refractivity contribution in [1.82, 2.24) is 4.57 Å². The van der Waals surface area contributed by atoms with E-state index in [9.17, 15) is 14.4 Å².